The molecule has 0 saturated carbocycles. The Hall–Kier alpha value is -3.58. The molecular weight excluding hydrogens is 426 g/mol. The monoisotopic (exact) mass is 449 g/mol. The summed E-state index contributed by atoms with van der Waals surface area (Å²) in [7, 11) is 1.51. The molecule has 1 aromatic heterocycles. The van der Waals surface area contributed by atoms with E-state index in [0.29, 0.717) is 29.4 Å². The first-order valence-electron chi connectivity index (χ1n) is 10.3. The van der Waals surface area contributed by atoms with E-state index in [0.717, 1.165) is 11.3 Å². The van der Waals surface area contributed by atoms with Crippen LogP contribution in [-0.2, 0) is 9.59 Å². The Morgan fingerprint density at radius 1 is 1.09 bits per heavy atom. The minimum absolute atomic E-state index is 0.0380. The van der Waals surface area contributed by atoms with Gasteiger partial charge in [-0.25, -0.2) is 0 Å². The fourth-order valence-corrected chi connectivity index (χ4v) is 4.56. The quantitative estimate of drug-likeness (QED) is 0.306. The van der Waals surface area contributed by atoms with Crippen molar-refractivity contribution >= 4 is 34.5 Å². The number of rotatable bonds is 7. The summed E-state index contributed by atoms with van der Waals surface area (Å²) in [6.07, 6.45) is 0.846. The summed E-state index contributed by atoms with van der Waals surface area (Å²) in [5, 5.41) is 13.1. The van der Waals surface area contributed by atoms with Gasteiger partial charge in [0.15, 0.2) is 0 Å². The van der Waals surface area contributed by atoms with Crippen molar-refractivity contribution in [1.82, 2.24) is 0 Å². The van der Waals surface area contributed by atoms with E-state index in [9.17, 15) is 14.7 Å². The second-order valence-electron chi connectivity index (χ2n) is 7.23. The fourth-order valence-electron chi connectivity index (χ4n) is 3.73. The predicted molar refractivity (Wildman–Crippen MR) is 124 cm³/mol. The average molecular weight is 450 g/mol. The number of ketones is 1. The highest BCUT2D eigenvalue weighted by Crippen LogP contribution is 2.46. The van der Waals surface area contributed by atoms with Gasteiger partial charge in [0.2, 0.25) is 0 Å². The molecule has 0 spiro atoms. The van der Waals surface area contributed by atoms with E-state index in [2.05, 4.69) is 0 Å². The molecule has 1 aliphatic heterocycles. The molecule has 0 radical (unpaired) electrons. The van der Waals surface area contributed by atoms with Gasteiger partial charge in [-0.1, -0.05) is 37.3 Å². The van der Waals surface area contributed by atoms with Crippen molar-refractivity contribution in [2.24, 2.45) is 0 Å². The maximum absolute atomic E-state index is 13.2. The molecule has 2 heterocycles. The first-order chi connectivity index (χ1) is 15.6. The number of benzene rings is 2. The van der Waals surface area contributed by atoms with Crippen LogP contribution in [0.4, 0.5) is 5.69 Å². The summed E-state index contributed by atoms with van der Waals surface area (Å²) < 4.78 is 11.1. The third-order valence-electron chi connectivity index (χ3n) is 5.18. The lowest BCUT2D eigenvalue weighted by Crippen LogP contribution is -2.29. The van der Waals surface area contributed by atoms with E-state index in [1.165, 1.54) is 23.3 Å². The molecule has 6 nitrogen and oxygen atoms in total. The number of amides is 1. The standard InChI is InChI=1S/C25H23NO5S/c1-3-13-31-17-9-6-8-16(15-17)23(27)21-22(20-12-7-14-32-20)26(25(29)24(21)28)18-10-4-5-11-19(18)30-2/h4-12,14-15,22,27H,3,13H2,1-2H3/b23-21-. The molecule has 2 aromatic carbocycles. The highest BCUT2D eigenvalue weighted by atomic mass is 32.1. The van der Waals surface area contributed by atoms with Crippen LogP contribution in [0.15, 0.2) is 71.6 Å². The number of carbonyl (C=O) groups excluding carboxylic acids is 2. The van der Waals surface area contributed by atoms with E-state index in [1.807, 2.05) is 24.4 Å². The summed E-state index contributed by atoms with van der Waals surface area (Å²) in [6, 6.07) is 16.8. The lowest BCUT2D eigenvalue weighted by atomic mass is 9.99. The molecular formula is C25H23NO5S. The van der Waals surface area contributed by atoms with Crippen LogP contribution in [0.3, 0.4) is 0 Å². The molecule has 1 N–H and O–H groups in total. The van der Waals surface area contributed by atoms with Crippen LogP contribution in [0.25, 0.3) is 5.76 Å². The summed E-state index contributed by atoms with van der Waals surface area (Å²) in [5.41, 5.74) is 0.920. The van der Waals surface area contributed by atoms with Gasteiger partial charge in [-0.2, -0.15) is 0 Å². The number of aliphatic hydroxyl groups is 1. The summed E-state index contributed by atoms with van der Waals surface area (Å²) in [4.78, 5) is 28.5. The molecule has 7 heteroatoms. The third kappa shape index (κ3) is 3.87. The second-order valence-corrected chi connectivity index (χ2v) is 8.21. The normalized spacial score (nSPS) is 17.6. The van der Waals surface area contributed by atoms with Crippen molar-refractivity contribution in [3.8, 4) is 11.5 Å². The highest BCUT2D eigenvalue weighted by molar-refractivity contribution is 7.10. The maximum atomic E-state index is 13.2. The number of Topliss-reactive ketones (excluding diaryl/α,β-unsaturated/α-hetero) is 1. The minimum Gasteiger partial charge on any atom is -0.507 e. The molecule has 1 fully saturated rings. The average Bonchev–Trinajstić information content (AvgIpc) is 3.44. The molecule has 1 atom stereocenters. The van der Waals surface area contributed by atoms with Crippen molar-refractivity contribution in [2.75, 3.05) is 18.6 Å². The molecule has 1 saturated heterocycles. The topological polar surface area (TPSA) is 76.1 Å². The van der Waals surface area contributed by atoms with Crippen LogP contribution >= 0.6 is 11.3 Å². The minimum atomic E-state index is -0.772. The van der Waals surface area contributed by atoms with Gasteiger partial charge >= 0.3 is 0 Å². The molecule has 4 rings (SSSR count). The van der Waals surface area contributed by atoms with Crippen LogP contribution in [0.1, 0.15) is 29.8 Å². The van der Waals surface area contributed by atoms with E-state index in [4.69, 9.17) is 9.47 Å². The van der Waals surface area contributed by atoms with Crippen LogP contribution < -0.4 is 14.4 Å². The van der Waals surface area contributed by atoms with E-state index in [1.54, 1.807) is 48.5 Å². The number of carbonyl (C=O) groups is 2. The largest absolute Gasteiger partial charge is 0.507 e. The van der Waals surface area contributed by atoms with Gasteiger partial charge in [0.05, 0.1) is 25.0 Å². The zero-order valence-corrected chi connectivity index (χ0v) is 18.6. The maximum Gasteiger partial charge on any atom is 0.300 e. The molecule has 32 heavy (non-hydrogen) atoms. The van der Waals surface area contributed by atoms with Gasteiger partial charge < -0.3 is 14.6 Å². The van der Waals surface area contributed by atoms with E-state index < -0.39 is 17.7 Å². The number of aliphatic hydroxyl groups excluding tert-OH is 1. The first kappa shape index (κ1) is 21.6. The smallest absolute Gasteiger partial charge is 0.300 e. The van der Waals surface area contributed by atoms with Gasteiger partial charge in [-0.05, 0) is 42.1 Å². The Morgan fingerprint density at radius 2 is 1.91 bits per heavy atom. The number of nitrogens with zero attached hydrogens (tertiary/aromatic N) is 1. The van der Waals surface area contributed by atoms with E-state index in [-0.39, 0.29) is 11.3 Å². The van der Waals surface area contributed by atoms with Crippen molar-refractivity contribution in [3.63, 3.8) is 0 Å². The fraction of sp³-hybridized carbons (Fsp3) is 0.200. The number of ether oxygens (including phenoxy) is 2. The summed E-state index contributed by atoms with van der Waals surface area (Å²) in [5.74, 6) is -0.644. The Bertz CT molecular complexity index is 1170. The zero-order chi connectivity index (χ0) is 22.7. The number of para-hydroxylation sites is 2. The third-order valence-corrected chi connectivity index (χ3v) is 6.11. The van der Waals surface area contributed by atoms with Gasteiger partial charge in [0, 0.05) is 10.4 Å². The molecule has 3 aromatic rings. The Balaban J connectivity index is 1.88. The molecule has 1 aliphatic rings. The lowest BCUT2D eigenvalue weighted by Gasteiger charge is -2.25. The first-order valence-corrected chi connectivity index (χ1v) is 11.2. The number of anilines is 1. The molecule has 0 aliphatic carbocycles. The van der Waals surface area contributed by atoms with Gasteiger partial charge in [-0.3, -0.25) is 14.5 Å². The van der Waals surface area contributed by atoms with Crippen molar-refractivity contribution in [2.45, 2.75) is 19.4 Å². The van der Waals surface area contributed by atoms with Crippen LogP contribution in [0.2, 0.25) is 0 Å². The van der Waals surface area contributed by atoms with Crippen molar-refractivity contribution in [1.29, 1.82) is 0 Å². The molecule has 1 amide bonds. The molecule has 1 unspecified atom stereocenters. The lowest BCUT2D eigenvalue weighted by molar-refractivity contribution is -0.132. The van der Waals surface area contributed by atoms with Crippen molar-refractivity contribution in [3.05, 3.63) is 82.1 Å². The number of methoxy groups -OCH3 is 1. The summed E-state index contributed by atoms with van der Waals surface area (Å²) >= 11 is 1.41. The molecule has 0 bridgehead atoms. The van der Waals surface area contributed by atoms with Gasteiger partial charge in [0.25, 0.3) is 11.7 Å². The predicted octanol–water partition coefficient (Wildman–Crippen LogP) is 5.17. The second kappa shape index (κ2) is 9.28. The zero-order valence-electron chi connectivity index (χ0n) is 17.8. The SMILES string of the molecule is CCCOc1cccc(/C(O)=C2/C(=O)C(=O)N(c3ccccc3OC)C2c2cccs2)c1. The van der Waals surface area contributed by atoms with Crippen LogP contribution in [-0.4, -0.2) is 30.5 Å². The Labute approximate surface area is 190 Å². The van der Waals surface area contributed by atoms with Crippen LogP contribution in [0, 0.1) is 0 Å². The highest BCUT2D eigenvalue weighted by Gasteiger charge is 2.48. The Morgan fingerprint density at radius 3 is 2.62 bits per heavy atom. The van der Waals surface area contributed by atoms with E-state index >= 15 is 0 Å². The number of hydrogen-bond acceptors (Lipinski definition) is 6. The number of hydrogen-bond donors (Lipinski definition) is 1. The molecule has 164 valence electrons. The Kier molecular flexibility index (Phi) is 6.28. The van der Waals surface area contributed by atoms with Gasteiger partial charge in [0.1, 0.15) is 23.3 Å². The van der Waals surface area contributed by atoms with Gasteiger partial charge in [-0.15, -0.1) is 11.3 Å². The van der Waals surface area contributed by atoms with Crippen LogP contribution in [0.5, 0.6) is 11.5 Å². The van der Waals surface area contributed by atoms with Crippen molar-refractivity contribution < 1.29 is 24.2 Å². The number of thiophene rings is 1. The summed E-state index contributed by atoms with van der Waals surface area (Å²) in [6.45, 7) is 2.54.